The van der Waals surface area contributed by atoms with Gasteiger partial charge < -0.3 is 15.1 Å². The summed E-state index contributed by atoms with van der Waals surface area (Å²) in [7, 11) is -1.52. The van der Waals surface area contributed by atoms with Crippen molar-refractivity contribution in [3.63, 3.8) is 0 Å². The number of nitrogens with zero attached hydrogens (tertiary/aromatic N) is 5. The van der Waals surface area contributed by atoms with Gasteiger partial charge in [-0.15, -0.1) is 24.0 Å². The second kappa shape index (κ2) is 9.87. The fourth-order valence-electron chi connectivity index (χ4n) is 2.91. The zero-order valence-corrected chi connectivity index (χ0v) is 20.1. The second-order valence-corrected chi connectivity index (χ2v) is 9.02. The lowest BCUT2D eigenvalue weighted by Crippen LogP contribution is -2.56. The monoisotopic (exact) mass is 527 g/mol. The summed E-state index contributed by atoms with van der Waals surface area (Å²) in [6.07, 6.45) is 4.61. The van der Waals surface area contributed by atoms with E-state index in [2.05, 4.69) is 20.1 Å². The Hall–Kier alpha value is -1.41. The van der Waals surface area contributed by atoms with E-state index in [0.29, 0.717) is 25.6 Å². The molecule has 2 rings (SSSR count). The lowest BCUT2D eigenvalue weighted by molar-refractivity contribution is -0.120. The van der Waals surface area contributed by atoms with Gasteiger partial charge in [0.2, 0.25) is 15.9 Å². The van der Waals surface area contributed by atoms with Gasteiger partial charge in [-0.2, -0.15) is 5.10 Å². The number of aliphatic imine (C=N–C) groups is 1. The number of hydrogen-bond donors (Lipinski definition) is 2. The fourth-order valence-corrected chi connectivity index (χ4v) is 3.98. The fraction of sp³-hybridized carbons (Fsp3) is 0.688. The minimum absolute atomic E-state index is 0. The highest BCUT2D eigenvalue weighted by Crippen LogP contribution is 2.16. The average molecular weight is 527 g/mol. The molecular weight excluding hydrogens is 497 g/mol. The molecule has 1 aliphatic heterocycles. The van der Waals surface area contributed by atoms with Crippen LogP contribution in [0.1, 0.15) is 20.8 Å². The van der Waals surface area contributed by atoms with E-state index in [0.717, 1.165) is 11.9 Å². The van der Waals surface area contributed by atoms with E-state index in [1.165, 1.54) is 0 Å². The molecular formula is C16H30IN7O3S. The van der Waals surface area contributed by atoms with E-state index in [9.17, 15) is 13.2 Å². The van der Waals surface area contributed by atoms with Crippen LogP contribution < -0.4 is 14.9 Å². The number of carbonyl (C=O) groups excluding carboxylic acids is 1. The maximum absolute atomic E-state index is 12.6. The summed E-state index contributed by atoms with van der Waals surface area (Å²) in [5, 5.41) is 7.29. The number of aryl methyl sites for hydroxylation is 1. The van der Waals surface area contributed by atoms with Crippen LogP contribution in [0, 0.1) is 0 Å². The molecule has 2 heterocycles. The average Bonchev–Trinajstić information content (AvgIpc) is 2.95. The maximum Gasteiger partial charge on any atom is 0.246 e. The molecule has 160 valence electrons. The number of halogens is 1. The van der Waals surface area contributed by atoms with E-state index in [1.54, 1.807) is 29.6 Å². The van der Waals surface area contributed by atoms with Crippen molar-refractivity contribution in [1.29, 1.82) is 0 Å². The van der Waals surface area contributed by atoms with Crippen molar-refractivity contribution in [3.05, 3.63) is 12.4 Å². The van der Waals surface area contributed by atoms with Crippen LogP contribution in [-0.4, -0.2) is 79.5 Å². The predicted octanol–water partition coefficient (Wildman–Crippen LogP) is -0.0200. The number of rotatable bonds is 6. The smallest absolute Gasteiger partial charge is 0.246 e. The molecule has 0 aromatic carbocycles. The van der Waals surface area contributed by atoms with Crippen LogP contribution in [0.3, 0.4) is 0 Å². The van der Waals surface area contributed by atoms with Crippen molar-refractivity contribution >= 4 is 51.6 Å². The third-order valence-corrected chi connectivity index (χ3v) is 4.87. The van der Waals surface area contributed by atoms with Crippen LogP contribution in [0.2, 0.25) is 0 Å². The molecule has 0 saturated carbocycles. The molecule has 1 amide bonds. The summed E-state index contributed by atoms with van der Waals surface area (Å²) in [6, 6.07) is 0. The molecule has 2 N–H and O–H groups in total. The first kappa shape index (κ1) is 24.6. The lowest BCUT2D eigenvalue weighted by Gasteiger charge is -2.35. The predicted molar refractivity (Wildman–Crippen MR) is 121 cm³/mol. The number of nitrogens with one attached hydrogen (secondary N) is 2. The van der Waals surface area contributed by atoms with Gasteiger partial charge in [-0.3, -0.25) is 14.5 Å². The molecule has 1 aromatic rings. The van der Waals surface area contributed by atoms with Crippen molar-refractivity contribution in [2.24, 2.45) is 12.0 Å². The number of carbonyl (C=O) groups is 1. The van der Waals surface area contributed by atoms with Gasteiger partial charge in [-0.1, -0.05) is 0 Å². The van der Waals surface area contributed by atoms with Crippen LogP contribution in [0.5, 0.6) is 0 Å². The third-order valence-electron chi connectivity index (χ3n) is 3.94. The second-order valence-electron chi connectivity index (χ2n) is 7.27. The number of amides is 1. The van der Waals surface area contributed by atoms with Gasteiger partial charge in [0.1, 0.15) is 6.54 Å². The van der Waals surface area contributed by atoms with Crippen molar-refractivity contribution in [2.45, 2.75) is 26.3 Å². The highest BCUT2D eigenvalue weighted by molar-refractivity contribution is 14.0. The Morgan fingerprint density at radius 3 is 2.54 bits per heavy atom. The Morgan fingerprint density at radius 1 is 1.36 bits per heavy atom. The minimum atomic E-state index is -3.33. The first-order valence-electron chi connectivity index (χ1n) is 8.82. The van der Waals surface area contributed by atoms with E-state index < -0.39 is 15.6 Å². The van der Waals surface area contributed by atoms with Gasteiger partial charge in [0.15, 0.2) is 5.96 Å². The van der Waals surface area contributed by atoms with Gasteiger partial charge in [0.25, 0.3) is 0 Å². The van der Waals surface area contributed by atoms with E-state index >= 15 is 0 Å². The van der Waals surface area contributed by atoms with Crippen LogP contribution in [0.4, 0.5) is 5.69 Å². The van der Waals surface area contributed by atoms with E-state index in [-0.39, 0.29) is 43.0 Å². The summed E-state index contributed by atoms with van der Waals surface area (Å²) in [5.41, 5.74) is 0.0538. The summed E-state index contributed by atoms with van der Waals surface area (Å²) in [6.45, 7) is 7.73. The highest BCUT2D eigenvalue weighted by atomic mass is 127. The summed E-state index contributed by atoms with van der Waals surface area (Å²) >= 11 is 0. The largest absolute Gasteiger partial charge is 0.357 e. The normalized spacial score (nSPS) is 16.2. The SMILES string of the molecule is CCNC(=NCC(C)(C)NS(C)(=O)=O)N1CCN(c2cnn(C)c2)C(=O)C1.I. The number of sulfonamides is 1. The molecule has 1 fully saturated rings. The van der Waals surface area contributed by atoms with Crippen molar-refractivity contribution in [1.82, 2.24) is 24.7 Å². The lowest BCUT2D eigenvalue weighted by atomic mass is 10.1. The molecule has 0 bridgehead atoms. The molecule has 12 heteroatoms. The topological polar surface area (TPSA) is 112 Å². The zero-order chi connectivity index (χ0) is 20.2. The summed E-state index contributed by atoms with van der Waals surface area (Å²) < 4.78 is 27.2. The molecule has 0 radical (unpaired) electrons. The van der Waals surface area contributed by atoms with Gasteiger partial charge in [0.05, 0.1) is 24.7 Å². The van der Waals surface area contributed by atoms with Crippen molar-refractivity contribution < 1.29 is 13.2 Å². The zero-order valence-electron chi connectivity index (χ0n) is 17.0. The minimum Gasteiger partial charge on any atom is -0.357 e. The number of aromatic nitrogens is 2. The molecule has 0 unspecified atom stereocenters. The maximum atomic E-state index is 12.6. The Kier molecular flexibility index (Phi) is 8.68. The molecule has 10 nitrogen and oxygen atoms in total. The van der Waals surface area contributed by atoms with E-state index in [1.807, 2.05) is 25.1 Å². The van der Waals surface area contributed by atoms with Gasteiger partial charge >= 0.3 is 0 Å². The quantitative estimate of drug-likeness (QED) is 0.306. The van der Waals surface area contributed by atoms with Crippen molar-refractivity contribution in [3.8, 4) is 0 Å². The number of piperazine rings is 1. The molecule has 1 aliphatic rings. The van der Waals surface area contributed by atoms with Gasteiger partial charge in [-0.05, 0) is 20.8 Å². The third kappa shape index (κ3) is 7.20. The first-order valence-corrected chi connectivity index (χ1v) is 10.7. The first-order chi connectivity index (χ1) is 12.5. The summed E-state index contributed by atoms with van der Waals surface area (Å²) in [5.74, 6) is 0.563. The Morgan fingerprint density at radius 2 is 2.04 bits per heavy atom. The van der Waals surface area contributed by atoms with Crippen molar-refractivity contribution in [2.75, 3.05) is 43.9 Å². The molecule has 1 saturated heterocycles. The molecule has 0 aliphatic carbocycles. The number of guanidine groups is 1. The molecule has 28 heavy (non-hydrogen) atoms. The summed E-state index contributed by atoms with van der Waals surface area (Å²) in [4.78, 5) is 20.7. The highest BCUT2D eigenvalue weighted by Gasteiger charge is 2.28. The molecule has 0 atom stereocenters. The number of anilines is 1. The van der Waals surface area contributed by atoms with Crippen LogP contribution in [0.25, 0.3) is 0 Å². The van der Waals surface area contributed by atoms with Crippen LogP contribution >= 0.6 is 24.0 Å². The van der Waals surface area contributed by atoms with Crippen LogP contribution in [-0.2, 0) is 21.9 Å². The van der Waals surface area contributed by atoms with Gasteiger partial charge in [0, 0.05) is 38.4 Å². The Bertz CT molecular complexity index is 807. The standard InChI is InChI=1S/C16H29N7O3S.HI/c1-6-17-15(18-12-16(2,3)20-27(5,25)26)22-7-8-23(14(24)11-22)13-9-19-21(4)10-13;/h9-10,20H,6-8,11-12H2,1-5H3,(H,17,18);1H. The Labute approximate surface area is 183 Å². The van der Waals surface area contributed by atoms with Gasteiger partial charge in [-0.25, -0.2) is 13.1 Å². The molecule has 1 aromatic heterocycles. The van der Waals surface area contributed by atoms with Crippen LogP contribution in [0.15, 0.2) is 17.4 Å². The number of hydrogen-bond acceptors (Lipinski definition) is 5. The Balaban J connectivity index is 0.00000392. The molecule has 0 spiro atoms. The van der Waals surface area contributed by atoms with E-state index in [4.69, 9.17) is 0 Å².